The van der Waals surface area contributed by atoms with Crippen LogP contribution in [0.3, 0.4) is 0 Å². The highest BCUT2D eigenvalue weighted by atomic mass is 127. The Labute approximate surface area is 692 Å². The molecule has 16 nitrogen and oxygen atoms in total. The van der Waals surface area contributed by atoms with Crippen LogP contribution >= 0.6 is 54.5 Å². The van der Waals surface area contributed by atoms with Gasteiger partial charge in [0.2, 0.25) is 0 Å². The predicted octanol–water partition coefficient (Wildman–Crippen LogP) is 21.6. The van der Waals surface area contributed by atoms with Crippen LogP contribution in [0.4, 0.5) is 0 Å². The Kier molecular flexibility index (Phi) is 22.0. The minimum atomic E-state index is -0.636. The first-order chi connectivity index (χ1) is 55.1. The smallest absolute Gasteiger partial charge is 0.398 e. The van der Waals surface area contributed by atoms with Crippen LogP contribution in [-0.4, -0.2) is 95.4 Å². The van der Waals surface area contributed by atoms with Crippen LogP contribution in [0.15, 0.2) is 331 Å². The van der Waals surface area contributed by atoms with Crippen molar-refractivity contribution in [2.24, 2.45) is 0 Å². The number of hydrogen-bond donors (Lipinski definition) is 0. The summed E-state index contributed by atoms with van der Waals surface area (Å²) in [5.41, 5.74) is 11.6. The molecular formula is C93H77B2Br2IN12O4. The Hall–Kier alpha value is -11.3. The Morgan fingerprint density at radius 3 is 0.974 bits per heavy atom. The average Bonchev–Trinajstić information content (AvgIpc) is 1.60. The lowest BCUT2D eigenvalue weighted by Crippen LogP contribution is -2.41. The van der Waals surface area contributed by atoms with E-state index in [2.05, 4.69) is 235 Å². The van der Waals surface area contributed by atoms with Crippen molar-refractivity contribution in [3.05, 3.63) is 334 Å². The zero-order valence-electron chi connectivity index (χ0n) is 63.9. The van der Waals surface area contributed by atoms with Crippen molar-refractivity contribution in [3.8, 4) is 79.5 Å². The number of nitrogens with zero attached hydrogens (tertiary/aromatic N) is 12. The standard InChI is InChI=1S/C32H21N5.C21H22BN3O2.C17H19BN2O2.C17H11BrN2.C6H4BrI/c1-3-10-22(11-4-1)30-33-31(23-12-5-2-6-13-23)35-32(34-30)26-17-9-16-25(18-26)29-20-28-19-24-14-7-8-15-27(24)21-37(28)36-29;1-20(2)21(3,4)27-22(26-20)19-24-17(15-11-7-5-8-12-15)23-18(25-19)16-13-9-6-10-14-16;1-16(2)17(3,4)22-18(21-16)15-10-14-9-12-7-5-6-8-13(12)11-20(14)19-15;18-15-7-3-6-13(8-15)17-10-16-9-12-4-1-2-5-14(12)11-20(16)19-17;7-5-2-1-3-6(8)4-5/h1-21H;5-14H,1-4H3;5-11H,1-4H3;1-11H;1-4H. The van der Waals surface area contributed by atoms with E-state index in [1.54, 1.807) is 0 Å². The van der Waals surface area contributed by atoms with Crippen LogP contribution in [0.2, 0.25) is 0 Å². The molecule has 0 radical (unpaired) electrons. The number of fused-ring (bicyclic) bond motifs is 6. The monoisotopic (exact) mass is 1730 g/mol. The Balaban J connectivity index is 0.000000113. The lowest BCUT2D eigenvalue weighted by atomic mass is 9.85. The molecule has 0 aliphatic carbocycles. The second kappa shape index (κ2) is 32.7. The van der Waals surface area contributed by atoms with Gasteiger partial charge in [-0.3, -0.25) is 0 Å². The van der Waals surface area contributed by atoms with Crippen molar-refractivity contribution in [1.29, 1.82) is 0 Å². The number of halogens is 3. The van der Waals surface area contributed by atoms with E-state index in [4.69, 9.17) is 38.7 Å². The van der Waals surface area contributed by atoms with Gasteiger partial charge in [-0.1, -0.05) is 262 Å². The number of hydrogen-bond acceptors (Lipinski definition) is 13. The van der Waals surface area contributed by atoms with E-state index in [0.29, 0.717) is 34.8 Å². The third-order valence-electron chi connectivity index (χ3n) is 20.7. The molecule has 0 N–H and O–H groups in total. The maximum Gasteiger partial charge on any atom is 0.534 e. The number of pyridine rings is 3. The highest BCUT2D eigenvalue weighted by molar-refractivity contribution is 14.1. The van der Waals surface area contributed by atoms with Gasteiger partial charge in [-0.2, -0.15) is 15.3 Å². The quantitative estimate of drug-likeness (QED) is 0.0990. The highest BCUT2D eigenvalue weighted by Crippen LogP contribution is 2.39. The summed E-state index contributed by atoms with van der Waals surface area (Å²) in [6, 6.07) is 102. The van der Waals surface area contributed by atoms with E-state index in [1.807, 2.05) is 235 Å². The summed E-state index contributed by atoms with van der Waals surface area (Å²) in [5.74, 6) is 3.14. The molecule has 8 aromatic heterocycles. The van der Waals surface area contributed by atoms with E-state index < -0.39 is 25.4 Å². The van der Waals surface area contributed by atoms with E-state index in [9.17, 15) is 0 Å². The van der Waals surface area contributed by atoms with E-state index in [1.165, 1.54) is 30.5 Å². The summed E-state index contributed by atoms with van der Waals surface area (Å²) in [7, 11) is -1.06. The van der Waals surface area contributed by atoms with E-state index in [0.717, 1.165) is 86.8 Å². The highest BCUT2D eigenvalue weighted by Gasteiger charge is 2.54. The van der Waals surface area contributed by atoms with Gasteiger partial charge in [0.25, 0.3) is 0 Å². The second-order valence-corrected chi connectivity index (χ2v) is 32.8. The van der Waals surface area contributed by atoms with Gasteiger partial charge in [0, 0.05) is 86.2 Å². The summed E-state index contributed by atoms with van der Waals surface area (Å²) in [6.45, 7) is 16.3. The van der Waals surface area contributed by atoms with Crippen LogP contribution in [0, 0.1) is 3.57 Å². The molecule has 0 unspecified atom stereocenters. The van der Waals surface area contributed by atoms with Crippen LogP contribution in [0.1, 0.15) is 55.4 Å². The Morgan fingerprint density at radius 2 is 0.588 bits per heavy atom. The molecule has 0 atom stereocenters. The zero-order chi connectivity index (χ0) is 78.7. The van der Waals surface area contributed by atoms with Crippen LogP contribution in [-0.2, 0) is 18.6 Å². The molecule has 10 aromatic carbocycles. The molecule has 560 valence electrons. The van der Waals surface area contributed by atoms with Crippen LogP contribution in [0.5, 0.6) is 0 Å². The summed E-state index contributed by atoms with van der Waals surface area (Å²) in [4.78, 5) is 28.6. The molecule has 20 rings (SSSR count). The van der Waals surface area contributed by atoms with Gasteiger partial charge in [-0.05, 0) is 167 Å². The van der Waals surface area contributed by atoms with Crippen molar-refractivity contribution in [3.63, 3.8) is 0 Å². The fourth-order valence-electron chi connectivity index (χ4n) is 13.1. The summed E-state index contributed by atoms with van der Waals surface area (Å²) >= 11 is 9.14. The van der Waals surface area contributed by atoms with E-state index >= 15 is 0 Å². The molecular weight excluding hydrogens is 1660 g/mol. The first-order valence-corrected chi connectivity index (χ1v) is 40.1. The van der Waals surface area contributed by atoms with Crippen LogP contribution < -0.4 is 11.3 Å². The van der Waals surface area contributed by atoms with Gasteiger partial charge in [0.05, 0.1) is 55.9 Å². The van der Waals surface area contributed by atoms with E-state index in [-0.39, 0.29) is 11.2 Å². The second-order valence-electron chi connectivity index (χ2n) is 29.8. The zero-order valence-corrected chi connectivity index (χ0v) is 69.2. The maximum absolute atomic E-state index is 6.16. The van der Waals surface area contributed by atoms with Gasteiger partial charge >= 0.3 is 14.2 Å². The lowest BCUT2D eigenvalue weighted by molar-refractivity contribution is 0.00578. The molecule has 2 aliphatic rings. The number of rotatable bonds is 9. The Morgan fingerprint density at radius 1 is 0.281 bits per heavy atom. The molecule has 2 saturated heterocycles. The van der Waals surface area contributed by atoms with Crippen molar-refractivity contribution in [1.82, 2.24) is 58.7 Å². The summed E-state index contributed by atoms with van der Waals surface area (Å²) in [6.07, 6.45) is 6.19. The molecule has 21 heteroatoms. The molecule has 0 amide bonds. The van der Waals surface area contributed by atoms with Gasteiger partial charge in [0.1, 0.15) is 0 Å². The minimum absolute atomic E-state index is 0.349. The molecule has 0 spiro atoms. The fourth-order valence-corrected chi connectivity index (χ4v) is 14.9. The normalized spacial score (nSPS) is 14.4. The Bertz CT molecular complexity index is 6170. The molecule has 10 heterocycles. The molecule has 2 fully saturated rings. The van der Waals surface area contributed by atoms with Crippen molar-refractivity contribution < 1.29 is 18.6 Å². The van der Waals surface area contributed by atoms with Crippen molar-refractivity contribution in [2.45, 2.75) is 77.8 Å². The largest absolute Gasteiger partial charge is 0.534 e. The molecule has 2 aliphatic heterocycles. The van der Waals surface area contributed by atoms with Crippen LogP contribution in [0.25, 0.3) is 128 Å². The van der Waals surface area contributed by atoms with Gasteiger partial charge in [-0.25, -0.2) is 43.5 Å². The SMILES string of the molecule is Brc1cccc(-c2cc3cc4ccccc4cn3n2)c1.Brc1cccc(I)c1.CC1(C)OB(c2cc3cc4ccccc4cn3n2)OC1(C)C.CC1(C)OB(c2nc(-c3ccccc3)nc(-c3ccccc3)n2)OC1(C)C.c1ccc(-c2nc(-c3ccccc3)nc(-c3cccc(-c4cc5cc6ccccc6cn5n4)c3)n2)cc1. The lowest BCUT2D eigenvalue weighted by Gasteiger charge is -2.32. The minimum Gasteiger partial charge on any atom is -0.398 e. The van der Waals surface area contributed by atoms with Gasteiger partial charge in [0.15, 0.2) is 34.8 Å². The predicted molar refractivity (Wildman–Crippen MR) is 475 cm³/mol. The maximum atomic E-state index is 6.16. The molecule has 114 heavy (non-hydrogen) atoms. The summed E-state index contributed by atoms with van der Waals surface area (Å²) < 4.78 is 33.7. The molecule has 0 bridgehead atoms. The first kappa shape index (κ1) is 76.7. The number of aromatic nitrogens is 12. The third kappa shape index (κ3) is 17.1. The average molecular weight is 1740 g/mol. The summed E-state index contributed by atoms with van der Waals surface area (Å²) in [5, 5.41) is 21.3. The topological polar surface area (TPSA) is 166 Å². The van der Waals surface area contributed by atoms with Gasteiger partial charge in [-0.15, -0.1) is 0 Å². The fraction of sp³-hybridized carbons (Fsp3) is 0.129. The third-order valence-corrected chi connectivity index (χ3v) is 22.4. The van der Waals surface area contributed by atoms with Crippen molar-refractivity contribution in [2.75, 3.05) is 0 Å². The number of benzene rings is 10. The molecule has 0 saturated carbocycles. The first-order valence-electron chi connectivity index (χ1n) is 37.5. The van der Waals surface area contributed by atoms with Gasteiger partial charge < -0.3 is 18.6 Å². The van der Waals surface area contributed by atoms with Crippen molar-refractivity contribution >= 4 is 129 Å². The molecule has 18 aromatic rings.